The van der Waals surface area contributed by atoms with Gasteiger partial charge in [0.25, 0.3) is 0 Å². The number of nitrogens with one attached hydrogen (secondary N) is 1. The molecule has 1 rings (SSSR count). The zero-order valence-electron chi connectivity index (χ0n) is 11.8. The summed E-state index contributed by atoms with van der Waals surface area (Å²) < 4.78 is 0. The van der Waals surface area contributed by atoms with Crippen LogP contribution in [0, 0.1) is 5.92 Å². The molecule has 0 aliphatic carbocycles. The minimum atomic E-state index is 0.596. The van der Waals surface area contributed by atoms with Crippen LogP contribution >= 0.6 is 11.6 Å². The Morgan fingerprint density at radius 3 is 2.72 bits per heavy atom. The maximum Gasteiger partial charge on any atom is 0.147 e. The van der Waals surface area contributed by atoms with Gasteiger partial charge >= 0.3 is 0 Å². The van der Waals surface area contributed by atoms with Crippen molar-refractivity contribution in [2.24, 2.45) is 5.92 Å². The molecule has 1 N–H and O–H groups in total. The molecule has 0 unspecified atom stereocenters. The lowest BCUT2D eigenvalue weighted by Crippen LogP contribution is -2.24. The van der Waals surface area contributed by atoms with Gasteiger partial charge in [0, 0.05) is 26.3 Å². The molecule has 0 amide bonds. The van der Waals surface area contributed by atoms with Crippen LogP contribution in [-0.2, 0) is 6.54 Å². The summed E-state index contributed by atoms with van der Waals surface area (Å²) >= 11 is 6.29. The Hall–Kier alpha value is -0.800. The Balaban J connectivity index is 2.67. The summed E-state index contributed by atoms with van der Waals surface area (Å²) in [4.78, 5) is 6.57. The molecule has 18 heavy (non-hydrogen) atoms. The zero-order valence-corrected chi connectivity index (χ0v) is 12.6. The molecule has 102 valence electrons. The van der Waals surface area contributed by atoms with Crippen molar-refractivity contribution in [3.63, 3.8) is 0 Å². The van der Waals surface area contributed by atoms with E-state index in [2.05, 4.69) is 36.0 Å². The molecule has 1 aromatic rings. The van der Waals surface area contributed by atoms with Crippen LogP contribution < -0.4 is 10.2 Å². The third-order valence-corrected chi connectivity index (χ3v) is 2.91. The SMILES string of the molecule is CCCNCc1cnc(N(C)CC(C)C)c(Cl)c1. The second-order valence-corrected chi connectivity index (χ2v) is 5.51. The van der Waals surface area contributed by atoms with Crippen LogP contribution in [0.3, 0.4) is 0 Å². The largest absolute Gasteiger partial charge is 0.358 e. The fraction of sp³-hybridized carbons (Fsp3) is 0.643. The maximum absolute atomic E-state index is 6.29. The summed E-state index contributed by atoms with van der Waals surface area (Å²) in [5, 5.41) is 4.08. The highest BCUT2D eigenvalue weighted by atomic mass is 35.5. The first-order chi connectivity index (χ1) is 8.54. The van der Waals surface area contributed by atoms with Crippen LogP contribution in [0.1, 0.15) is 32.8 Å². The molecule has 0 saturated carbocycles. The Morgan fingerprint density at radius 1 is 1.44 bits per heavy atom. The van der Waals surface area contributed by atoms with Gasteiger partial charge in [-0.3, -0.25) is 0 Å². The minimum absolute atomic E-state index is 0.596. The average molecular weight is 270 g/mol. The van der Waals surface area contributed by atoms with E-state index in [9.17, 15) is 0 Å². The number of hydrogen-bond acceptors (Lipinski definition) is 3. The molecule has 1 aromatic heterocycles. The standard InChI is InChI=1S/C14H24ClN3/c1-5-6-16-8-12-7-13(15)14(17-9-12)18(4)10-11(2)3/h7,9,11,16H,5-6,8,10H2,1-4H3. The Morgan fingerprint density at radius 2 is 2.17 bits per heavy atom. The van der Waals surface area contributed by atoms with Gasteiger partial charge in [0.15, 0.2) is 0 Å². The lowest BCUT2D eigenvalue weighted by atomic mass is 10.2. The lowest BCUT2D eigenvalue weighted by molar-refractivity contribution is 0.634. The van der Waals surface area contributed by atoms with E-state index >= 15 is 0 Å². The van der Waals surface area contributed by atoms with Crippen molar-refractivity contribution in [3.05, 3.63) is 22.8 Å². The van der Waals surface area contributed by atoms with Crippen molar-refractivity contribution in [1.29, 1.82) is 0 Å². The quantitative estimate of drug-likeness (QED) is 0.770. The van der Waals surface area contributed by atoms with E-state index in [1.54, 1.807) is 0 Å². The van der Waals surface area contributed by atoms with E-state index in [1.165, 1.54) is 0 Å². The zero-order chi connectivity index (χ0) is 13.5. The molecule has 0 saturated heterocycles. The maximum atomic E-state index is 6.29. The molecule has 0 bridgehead atoms. The van der Waals surface area contributed by atoms with Crippen molar-refractivity contribution >= 4 is 17.4 Å². The van der Waals surface area contributed by atoms with E-state index in [4.69, 9.17) is 11.6 Å². The first kappa shape index (κ1) is 15.3. The third kappa shape index (κ3) is 4.83. The van der Waals surface area contributed by atoms with Gasteiger partial charge in [0.05, 0.1) is 5.02 Å². The Bertz CT molecular complexity index is 366. The highest BCUT2D eigenvalue weighted by Gasteiger charge is 2.09. The summed E-state index contributed by atoms with van der Waals surface area (Å²) in [7, 11) is 2.03. The first-order valence-corrected chi connectivity index (χ1v) is 6.98. The molecule has 1 heterocycles. The molecular weight excluding hydrogens is 246 g/mol. The molecule has 3 nitrogen and oxygen atoms in total. The second kappa shape index (κ2) is 7.59. The highest BCUT2D eigenvalue weighted by Crippen LogP contribution is 2.23. The number of nitrogens with zero attached hydrogens (tertiary/aromatic N) is 2. The van der Waals surface area contributed by atoms with Crippen molar-refractivity contribution in [2.75, 3.05) is 25.0 Å². The van der Waals surface area contributed by atoms with Gasteiger partial charge in [0.2, 0.25) is 0 Å². The van der Waals surface area contributed by atoms with Crippen molar-refractivity contribution < 1.29 is 0 Å². The van der Waals surface area contributed by atoms with Gasteiger partial charge in [-0.15, -0.1) is 0 Å². The topological polar surface area (TPSA) is 28.2 Å². The average Bonchev–Trinajstić information content (AvgIpc) is 2.28. The number of aromatic nitrogens is 1. The van der Waals surface area contributed by atoms with E-state index < -0.39 is 0 Å². The van der Waals surface area contributed by atoms with Crippen molar-refractivity contribution in [2.45, 2.75) is 33.7 Å². The van der Waals surface area contributed by atoms with Gasteiger partial charge in [-0.25, -0.2) is 4.98 Å². The number of halogens is 1. The molecule has 0 fully saturated rings. The van der Waals surface area contributed by atoms with Crippen LogP contribution in [0.2, 0.25) is 5.02 Å². The lowest BCUT2D eigenvalue weighted by Gasteiger charge is -2.21. The summed E-state index contributed by atoms with van der Waals surface area (Å²) in [6.07, 6.45) is 3.04. The monoisotopic (exact) mass is 269 g/mol. The molecule has 4 heteroatoms. The minimum Gasteiger partial charge on any atom is -0.358 e. The number of anilines is 1. The van der Waals surface area contributed by atoms with Crippen LogP contribution in [0.4, 0.5) is 5.82 Å². The van der Waals surface area contributed by atoms with E-state index in [0.717, 1.165) is 42.5 Å². The predicted octanol–water partition coefficient (Wildman–Crippen LogP) is 3.33. The normalized spacial score (nSPS) is 11.0. The Kier molecular flexibility index (Phi) is 6.44. The number of hydrogen-bond donors (Lipinski definition) is 1. The number of pyridine rings is 1. The molecule has 0 spiro atoms. The fourth-order valence-electron chi connectivity index (χ4n) is 1.89. The van der Waals surface area contributed by atoms with Crippen molar-refractivity contribution in [1.82, 2.24) is 10.3 Å². The predicted molar refractivity (Wildman–Crippen MR) is 79.4 cm³/mol. The smallest absolute Gasteiger partial charge is 0.147 e. The number of rotatable bonds is 7. The van der Waals surface area contributed by atoms with Gasteiger partial charge < -0.3 is 10.2 Å². The van der Waals surface area contributed by atoms with Crippen LogP contribution in [0.15, 0.2) is 12.3 Å². The Labute approximate surface area is 116 Å². The molecule has 0 aliphatic rings. The molecular formula is C14H24ClN3. The van der Waals surface area contributed by atoms with Gasteiger partial charge in [-0.05, 0) is 30.5 Å². The molecule has 0 aromatic carbocycles. The first-order valence-electron chi connectivity index (χ1n) is 6.60. The van der Waals surface area contributed by atoms with Crippen LogP contribution in [0.5, 0.6) is 0 Å². The molecule has 0 aliphatic heterocycles. The summed E-state index contributed by atoms with van der Waals surface area (Å²) in [6, 6.07) is 2.00. The van der Waals surface area contributed by atoms with E-state index in [1.807, 2.05) is 19.3 Å². The van der Waals surface area contributed by atoms with Gasteiger partial charge in [-0.2, -0.15) is 0 Å². The molecule has 0 radical (unpaired) electrons. The summed E-state index contributed by atoms with van der Waals surface area (Å²) in [5.74, 6) is 1.46. The molecule has 0 atom stereocenters. The van der Waals surface area contributed by atoms with E-state index in [0.29, 0.717) is 5.92 Å². The van der Waals surface area contributed by atoms with Crippen LogP contribution in [-0.4, -0.2) is 25.1 Å². The van der Waals surface area contributed by atoms with Crippen LogP contribution in [0.25, 0.3) is 0 Å². The summed E-state index contributed by atoms with van der Waals surface area (Å²) in [6.45, 7) is 9.34. The van der Waals surface area contributed by atoms with Crippen molar-refractivity contribution in [3.8, 4) is 0 Å². The third-order valence-electron chi connectivity index (χ3n) is 2.63. The van der Waals surface area contributed by atoms with Gasteiger partial charge in [-0.1, -0.05) is 32.4 Å². The summed E-state index contributed by atoms with van der Waals surface area (Å²) in [5.41, 5.74) is 1.13. The highest BCUT2D eigenvalue weighted by molar-refractivity contribution is 6.33. The van der Waals surface area contributed by atoms with Gasteiger partial charge in [0.1, 0.15) is 5.82 Å². The van der Waals surface area contributed by atoms with E-state index in [-0.39, 0.29) is 0 Å². The fourth-order valence-corrected chi connectivity index (χ4v) is 2.22. The second-order valence-electron chi connectivity index (χ2n) is 5.10.